The van der Waals surface area contributed by atoms with Crippen LogP contribution in [0.25, 0.3) is 0 Å². The Bertz CT molecular complexity index is 1270. The molecule has 0 aromatic heterocycles. The minimum absolute atomic E-state index is 0.0731. The first-order valence-electron chi connectivity index (χ1n) is 11.2. The van der Waals surface area contributed by atoms with E-state index in [4.69, 9.17) is 4.74 Å². The van der Waals surface area contributed by atoms with Crippen LogP contribution >= 0.6 is 12.8 Å². The lowest BCUT2D eigenvalue weighted by atomic mass is 9.97. The van der Waals surface area contributed by atoms with Crippen LogP contribution in [0.2, 0.25) is 0 Å². The molecule has 9 nitrogen and oxygen atoms in total. The van der Waals surface area contributed by atoms with Crippen molar-refractivity contribution in [3.63, 3.8) is 0 Å². The Balaban J connectivity index is 1.95. The van der Waals surface area contributed by atoms with E-state index in [1.165, 1.54) is 25.3 Å². The van der Waals surface area contributed by atoms with Crippen LogP contribution in [-0.4, -0.2) is 28.3 Å². The second-order valence-electron chi connectivity index (χ2n) is 8.41. The number of urea groups is 1. The van der Waals surface area contributed by atoms with E-state index in [0.29, 0.717) is 11.3 Å². The number of hydrogen-bond acceptors (Lipinski definition) is 6. The average molecular weight is 509 g/mol. The van der Waals surface area contributed by atoms with Crippen LogP contribution in [0.15, 0.2) is 66.7 Å². The number of nitro groups is 1. The van der Waals surface area contributed by atoms with E-state index >= 15 is 0 Å². The summed E-state index contributed by atoms with van der Waals surface area (Å²) in [7, 11) is 1.38. The van der Waals surface area contributed by atoms with E-state index in [9.17, 15) is 19.7 Å². The zero-order chi connectivity index (χ0) is 26.4. The van der Waals surface area contributed by atoms with Gasteiger partial charge < -0.3 is 15.4 Å². The van der Waals surface area contributed by atoms with Gasteiger partial charge in [0.2, 0.25) is 0 Å². The van der Waals surface area contributed by atoms with Gasteiger partial charge in [-0.05, 0) is 35.6 Å². The Kier molecular flexibility index (Phi) is 8.55. The molecular weight excluding hydrogens is 480 g/mol. The molecule has 0 aliphatic rings. The molecule has 0 heterocycles. The number of carbonyl (C=O) groups is 2. The normalized spacial score (nSPS) is 11.5. The van der Waals surface area contributed by atoms with Crippen LogP contribution < -0.4 is 15.4 Å². The largest absolute Gasteiger partial charge is 0.495 e. The maximum Gasteiger partial charge on any atom is 0.332 e. The number of para-hydroxylation sites is 1. The molecule has 3 rings (SSSR count). The van der Waals surface area contributed by atoms with Crippen molar-refractivity contribution in [2.45, 2.75) is 32.7 Å². The Morgan fingerprint density at radius 3 is 2.33 bits per heavy atom. The Morgan fingerprint density at radius 2 is 1.72 bits per heavy atom. The highest BCUT2D eigenvalue weighted by Gasteiger charge is 2.31. The first-order valence-corrected chi connectivity index (χ1v) is 11.6. The smallest absolute Gasteiger partial charge is 0.332 e. The van der Waals surface area contributed by atoms with Gasteiger partial charge in [-0.2, -0.15) is 0 Å². The van der Waals surface area contributed by atoms with Crippen molar-refractivity contribution >= 4 is 41.8 Å². The molecule has 2 N–H and O–H groups in total. The quantitative estimate of drug-likeness (QED) is 0.193. The van der Waals surface area contributed by atoms with Gasteiger partial charge in [0.1, 0.15) is 11.8 Å². The van der Waals surface area contributed by atoms with Gasteiger partial charge >= 0.3 is 6.03 Å². The fourth-order valence-corrected chi connectivity index (χ4v) is 4.06. The summed E-state index contributed by atoms with van der Waals surface area (Å²) >= 11 is 4.38. The Hall–Kier alpha value is -4.05. The fourth-order valence-electron chi connectivity index (χ4n) is 3.77. The lowest BCUT2D eigenvalue weighted by Gasteiger charge is -2.28. The van der Waals surface area contributed by atoms with Crippen molar-refractivity contribution < 1.29 is 19.2 Å². The number of anilines is 2. The molecule has 1 unspecified atom stereocenters. The number of nitro benzene ring substituents is 1. The van der Waals surface area contributed by atoms with Crippen molar-refractivity contribution in [3.8, 4) is 5.75 Å². The summed E-state index contributed by atoms with van der Waals surface area (Å²) in [4.78, 5) is 37.4. The SMILES string of the molecule is COc1ccc([N+](=O)[O-])cc1NC(=O)N(S)C(C(=O)Nc1c(C)cccc1C(C)C)c1ccccc1. The molecule has 0 aliphatic heterocycles. The average Bonchev–Trinajstić information content (AvgIpc) is 2.85. The van der Waals surface area contributed by atoms with Gasteiger partial charge in [0.15, 0.2) is 0 Å². The molecule has 3 amide bonds. The van der Waals surface area contributed by atoms with Crippen LogP contribution in [0.1, 0.15) is 42.5 Å². The third-order valence-corrected chi connectivity index (χ3v) is 6.04. The van der Waals surface area contributed by atoms with Gasteiger partial charge in [0.05, 0.1) is 17.7 Å². The summed E-state index contributed by atoms with van der Waals surface area (Å²) < 4.78 is 6.18. The number of nitrogens with one attached hydrogen (secondary N) is 2. The second kappa shape index (κ2) is 11.6. The third-order valence-electron chi connectivity index (χ3n) is 5.63. The van der Waals surface area contributed by atoms with Crippen LogP contribution in [0.3, 0.4) is 0 Å². The van der Waals surface area contributed by atoms with Crippen molar-refractivity contribution in [2.75, 3.05) is 17.7 Å². The van der Waals surface area contributed by atoms with Crippen molar-refractivity contribution in [1.82, 2.24) is 4.31 Å². The first kappa shape index (κ1) is 26.6. The lowest BCUT2D eigenvalue weighted by molar-refractivity contribution is -0.384. The molecule has 10 heteroatoms. The summed E-state index contributed by atoms with van der Waals surface area (Å²) in [6.45, 7) is 5.96. The standard InChI is InChI=1S/C26H28N4O5S/c1-16(2)20-12-8-9-17(3)23(20)28-25(31)24(18-10-6-5-7-11-18)29(36)26(32)27-21-15-19(30(33)34)13-14-22(21)35-4/h5-16,24,36H,1-4H3,(H,27,32)(H,28,31). The van der Waals surface area contributed by atoms with Gasteiger partial charge in [-0.1, -0.05) is 75.2 Å². The van der Waals surface area contributed by atoms with Crippen molar-refractivity contribution in [3.05, 3.63) is 93.5 Å². The van der Waals surface area contributed by atoms with Gasteiger partial charge in [0.25, 0.3) is 11.6 Å². The molecule has 188 valence electrons. The third kappa shape index (κ3) is 5.95. The topological polar surface area (TPSA) is 114 Å². The molecule has 0 spiro atoms. The highest BCUT2D eigenvalue weighted by atomic mass is 32.1. The Labute approximate surface area is 215 Å². The highest BCUT2D eigenvalue weighted by Crippen LogP contribution is 2.33. The van der Waals surface area contributed by atoms with Crippen LogP contribution in [0.4, 0.5) is 21.9 Å². The highest BCUT2D eigenvalue weighted by molar-refractivity contribution is 7.78. The Morgan fingerprint density at radius 1 is 1.03 bits per heavy atom. The molecule has 1 atom stereocenters. The lowest BCUT2D eigenvalue weighted by Crippen LogP contribution is -2.38. The van der Waals surface area contributed by atoms with Crippen LogP contribution in [0.5, 0.6) is 5.75 Å². The molecule has 0 bridgehead atoms. The monoisotopic (exact) mass is 508 g/mol. The molecule has 36 heavy (non-hydrogen) atoms. The fraction of sp³-hybridized carbons (Fsp3) is 0.231. The van der Waals surface area contributed by atoms with Gasteiger partial charge in [0, 0.05) is 17.8 Å². The number of hydrogen-bond donors (Lipinski definition) is 3. The number of rotatable bonds is 8. The predicted octanol–water partition coefficient (Wildman–Crippen LogP) is 6.09. The zero-order valence-corrected chi connectivity index (χ0v) is 21.3. The molecule has 0 saturated heterocycles. The number of ether oxygens (including phenoxy) is 1. The number of methoxy groups -OCH3 is 1. The molecule has 0 saturated carbocycles. The number of non-ortho nitro benzene ring substituents is 1. The number of nitrogens with zero attached hydrogens (tertiary/aromatic N) is 2. The first-order chi connectivity index (χ1) is 17.1. The number of thiol groups is 1. The minimum Gasteiger partial charge on any atom is -0.495 e. The summed E-state index contributed by atoms with van der Waals surface area (Å²) in [6.07, 6.45) is 0. The number of benzene rings is 3. The number of aryl methyl sites for hydroxylation is 1. The second-order valence-corrected chi connectivity index (χ2v) is 8.84. The summed E-state index contributed by atoms with van der Waals surface area (Å²) in [5.41, 5.74) is 2.91. The van der Waals surface area contributed by atoms with Crippen molar-refractivity contribution in [2.24, 2.45) is 0 Å². The van der Waals surface area contributed by atoms with E-state index < -0.39 is 22.9 Å². The molecular formula is C26H28N4O5S. The zero-order valence-electron chi connectivity index (χ0n) is 20.4. The number of carbonyl (C=O) groups excluding carboxylic acids is 2. The predicted molar refractivity (Wildman–Crippen MR) is 143 cm³/mol. The summed E-state index contributed by atoms with van der Waals surface area (Å²) in [5.74, 6) is -0.0847. The van der Waals surface area contributed by atoms with E-state index in [0.717, 1.165) is 15.4 Å². The number of amides is 3. The van der Waals surface area contributed by atoms with E-state index in [2.05, 4.69) is 23.4 Å². The van der Waals surface area contributed by atoms with Crippen LogP contribution in [0, 0.1) is 17.0 Å². The summed E-state index contributed by atoms with van der Waals surface area (Å²) in [5, 5.41) is 16.8. The van der Waals surface area contributed by atoms with Gasteiger partial charge in [-0.25, -0.2) is 4.79 Å². The molecule has 3 aromatic carbocycles. The van der Waals surface area contributed by atoms with Gasteiger partial charge in [-0.3, -0.25) is 19.2 Å². The van der Waals surface area contributed by atoms with E-state index in [-0.39, 0.29) is 23.0 Å². The van der Waals surface area contributed by atoms with Gasteiger partial charge in [-0.15, -0.1) is 0 Å². The summed E-state index contributed by atoms with van der Waals surface area (Å²) in [6, 6.07) is 16.5. The van der Waals surface area contributed by atoms with Crippen LogP contribution in [-0.2, 0) is 4.79 Å². The maximum absolute atomic E-state index is 13.6. The van der Waals surface area contributed by atoms with E-state index in [1.807, 2.05) is 39.0 Å². The van der Waals surface area contributed by atoms with E-state index in [1.54, 1.807) is 30.3 Å². The molecule has 0 aliphatic carbocycles. The maximum atomic E-state index is 13.6. The van der Waals surface area contributed by atoms with Crippen molar-refractivity contribution in [1.29, 1.82) is 0 Å². The molecule has 3 aromatic rings. The molecule has 0 radical (unpaired) electrons. The minimum atomic E-state index is -1.11. The molecule has 0 fully saturated rings.